The lowest BCUT2D eigenvalue weighted by Crippen LogP contribution is -2.12. The van der Waals surface area contributed by atoms with E-state index in [-0.39, 0.29) is 0 Å². The molecule has 5 heteroatoms. The Morgan fingerprint density at radius 2 is 1.74 bits per heavy atom. The van der Waals surface area contributed by atoms with Gasteiger partial charge in [-0.2, -0.15) is 0 Å². The number of nitrogens with zero attached hydrogens (tertiary/aromatic N) is 1. The molecule has 4 rings (SSSR count). The Bertz CT molecular complexity index is 962. The zero-order valence-electron chi connectivity index (χ0n) is 12.4. The molecule has 0 aliphatic carbocycles. The summed E-state index contributed by atoms with van der Waals surface area (Å²) in [5.41, 5.74) is 3.49. The highest BCUT2D eigenvalue weighted by Crippen LogP contribution is 2.36. The van der Waals surface area contributed by atoms with E-state index >= 15 is 0 Å². The van der Waals surface area contributed by atoms with E-state index in [2.05, 4.69) is 15.6 Å². The number of Topliss-reactive ketones (excluding diaryl/α,β-unsaturated/α-hetero) is 1. The Morgan fingerprint density at radius 1 is 1.00 bits per heavy atom. The molecule has 2 heterocycles. The lowest BCUT2D eigenvalue weighted by atomic mass is 10.1. The highest BCUT2D eigenvalue weighted by molar-refractivity contribution is 6.54. The number of pyridine rings is 1. The minimum atomic E-state index is -0.620. The van der Waals surface area contributed by atoms with Crippen LogP contribution >= 0.6 is 0 Å². The molecule has 5 nitrogen and oxygen atoms in total. The second kappa shape index (κ2) is 4.91. The molecule has 0 radical (unpaired) electrons. The number of carbonyl (C=O) groups is 2. The minimum absolute atomic E-state index is 0.384. The number of benzene rings is 2. The number of para-hydroxylation sites is 1. The van der Waals surface area contributed by atoms with E-state index in [4.69, 9.17) is 0 Å². The zero-order valence-corrected chi connectivity index (χ0v) is 12.4. The van der Waals surface area contributed by atoms with Gasteiger partial charge in [-0.3, -0.25) is 9.59 Å². The summed E-state index contributed by atoms with van der Waals surface area (Å²) in [6, 6.07) is 15.1. The van der Waals surface area contributed by atoms with Crippen LogP contribution in [0.5, 0.6) is 0 Å². The van der Waals surface area contributed by atoms with Gasteiger partial charge in [0.15, 0.2) is 5.82 Å². The molecule has 112 valence electrons. The van der Waals surface area contributed by atoms with E-state index < -0.39 is 11.7 Å². The predicted molar refractivity (Wildman–Crippen MR) is 89.2 cm³/mol. The van der Waals surface area contributed by atoms with Crippen molar-refractivity contribution >= 4 is 39.8 Å². The molecule has 0 saturated carbocycles. The molecule has 1 aromatic heterocycles. The van der Waals surface area contributed by atoms with E-state index in [0.717, 1.165) is 11.3 Å². The van der Waals surface area contributed by atoms with Crippen LogP contribution in [0.2, 0.25) is 0 Å². The van der Waals surface area contributed by atoms with Crippen molar-refractivity contribution in [2.75, 3.05) is 10.6 Å². The van der Waals surface area contributed by atoms with Crippen LogP contribution in [0.15, 0.2) is 48.5 Å². The number of hydrogen-bond donors (Lipinski definition) is 2. The summed E-state index contributed by atoms with van der Waals surface area (Å²) in [6.45, 7) is 2.01. The SMILES string of the molecule is Cc1ccc(Nc2nc3ccccc3c3c2NC(=O)C3=O)cc1. The number of nitrogens with one attached hydrogen (secondary N) is 2. The second-order valence-electron chi connectivity index (χ2n) is 5.50. The van der Waals surface area contributed by atoms with Crippen molar-refractivity contribution in [1.29, 1.82) is 0 Å². The number of hydrogen-bond acceptors (Lipinski definition) is 4. The largest absolute Gasteiger partial charge is 0.338 e. The van der Waals surface area contributed by atoms with Gasteiger partial charge in [0.2, 0.25) is 0 Å². The molecule has 0 unspecified atom stereocenters. The fourth-order valence-electron chi connectivity index (χ4n) is 2.72. The number of carbonyl (C=O) groups excluding carboxylic acids is 2. The Labute approximate surface area is 132 Å². The average molecular weight is 303 g/mol. The fourth-order valence-corrected chi connectivity index (χ4v) is 2.72. The summed E-state index contributed by atoms with van der Waals surface area (Å²) >= 11 is 0. The van der Waals surface area contributed by atoms with Gasteiger partial charge < -0.3 is 10.6 Å². The van der Waals surface area contributed by atoms with Crippen LogP contribution in [-0.2, 0) is 4.79 Å². The summed E-state index contributed by atoms with van der Waals surface area (Å²) in [5.74, 6) is -0.669. The van der Waals surface area contributed by atoms with Gasteiger partial charge in [-0.1, -0.05) is 35.9 Å². The van der Waals surface area contributed by atoms with Gasteiger partial charge in [0.1, 0.15) is 0 Å². The number of amides is 1. The van der Waals surface area contributed by atoms with Gasteiger partial charge in [-0.15, -0.1) is 0 Å². The molecular weight excluding hydrogens is 290 g/mol. The smallest absolute Gasteiger partial charge is 0.296 e. The number of anilines is 3. The van der Waals surface area contributed by atoms with Crippen molar-refractivity contribution in [2.45, 2.75) is 6.92 Å². The third kappa shape index (κ3) is 2.14. The molecule has 0 saturated heterocycles. The first-order valence-corrected chi connectivity index (χ1v) is 7.25. The van der Waals surface area contributed by atoms with Gasteiger partial charge >= 0.3 is 0 Å². The quantitative estimate of drug-likeness (QED) is 0.712. The Morgan fingerprint density at radius 3 is 2.52 bits per heavy atom. The third-order valence-electron chi connectivity index (χ3n) is 3.88. The summed E-state index contributed by atoms with van der Waals surface area (Å²) < 4.78 is 0. The molecule has 3 aromatic rings. The predicted octanol–water partition coefficient (Wildman–Crippen LogP) is 3.42. The minimum Gasteiger partial charge on any atom is -0.338 e. The highest BCUT2D eigenvalue weighted by atomic mass is 16.2. The first kappa shape index (κ1) is 13.5. The standard InChI is InChI=1S/C18H13N3O2/c1-10-6-8-11(9-7-10)19-17-15-14(16(22)18(23)21-15)12-4-2-3-5-13(12)20-17/h2-9H,1H3,(H,19,20)(H,21,22,23). The molecule has 23 heavy (non-hydrogen) atoms. The van der Waals surface area contributed by atoms with Crippen molar-refractivity contribution in [2.24, 2.45) is 0 Å². The first-order valence-electron chi connectivity index (χ1n) is 7.25. The average Bonchev–Trinajstić information content (AvgIpc) is 2.86. The maximum absolute atomic E-state index is 12.2. The van der Waals surface area contributed by atoms with Crippen LogP contribution in [0.25, 0.3) is 10.9 Å². The Kier molecular flexibility index (Phi) is 2.87. The van der Waals surface area contributed by atoms with Crippen LogP contribution in [0.4, 0.5) is 17.2 Å². The lowest BCUT2D eigenvalue weighted by molar-refractivity contribution is -0.112. The third-order valence-corrected chi connectivity index (χ3v) is 3.88. The zero-order chi connectivity index (χ0) is 16.0. The Balaban J connectivity index is 1.90. The number of ketones is 1. The maximum Gasteiger partial charge on any atom is 0.296 e. The van der Waals surface area contributed by atoms with Gasteiger partial charge in [0.25, 0.3) is 11.7 Å². The van der Waals surface area contributed by atoms with Crippen LogP contribution in [0.3, 0.4) is 0 Å². The van der Waals surface area contributed by atoms with Crippen LogP contribution < -0.4 is 10.6 Å². The van der Waals surface area contributed by atoms with Gasteiger partial charge in [-0.25, -0.2) is 4.98 Å². The van der Waals surface area contributed by atoms with E-state index in [1.807, 2.05) is 49.4 Å². The van der Waals surface area contributed by atoms with E-state index in [1.54, 1.807) is 6.07 Å². The van der Waals surface area contributed by atoms with Crippen molar-refractivity contribution in [3.05, 3.63) is 59.7 Å². The summed E-state index contributed by atoms with van der Waals surface area (Å²) in [7, 11) is 0. The fraction of sp³-hybridized carbons (Fsp3) is 0.0556. The second-order valence-corrected chi connectivity index (χ2v) is 5.50. The van der Waals surface area contributed by atoms with E-state index in [0.29, 0.717) is 28.0 Å². The van der Waals surface area contributed by atoms with Gasteiger partial charge in [0, 0.05) is 11.1 Å². The molecular formula is C18H13N3O2. The number of aromatic nitrogens is 1. The molecule has 2 aromatic carbocycles. The molecule has 1 aliphatic heterocycles. The normalized spacial score (nSPS) is 13.1. The van der Waals surface area contributed by atoms with Gasteiger partial charge in [-0.05, 0) is 25.1 Å². The maximum atomic E-state index is 12.2. The van der Waals surface area contributed by atoms with Crippen LogP contribution in [0, 0.1) is 6.92 Å². The monoisotopic (exact) mass is 303 g/mol. The van der Waals surface area contributed by atoms with Gasteiger partial charge in [0.05, 0.1) is 16.8 Å². The van der Waals surface area contributed by atoms with E-state index in [1.165, 1.54) is 0 Å². The van der Waals surface area contributed by atoms with Crippen LogP contribution in [0.1, 0.15) is 15.9 Å². The molecule has 1 aliphatic rings. The lowest BCUT2D eigenvalue weighted by Gasteiger charge is -2.12. The van der Waals surface area contributed by atoms with Crippen molar-refractivity contribution in [3.63, 3.8) is 0 Å². The molecule has 0 fully saturated rings. The molecule has 2 N–H and O–H groups in total. The number of rotatable bonds is 2. The molecule has 0 spiro atoms. The summed E-state index contributed by atoms with van der Waals surface area (Å²) in [4.78, 5) is 28.6. The first-order chi connectivity index (χ1) is 11.1. The van der Waals surface area contributed by atoms with Crippen molar-refractivity contribution < 1.29 is 9.59 Å². The van der Waals surface area contributed by atoms with Crippen molar-refractivity contribution in [1.82, 2.24) is 4.98 Å². The topological polar surface area (TPSA) is 71.1 Å². The van der Waals surface area contributed by atoms with E-state index in [9.17, 15) is 9.59 Å². The molecule has 0 atom stereocenters. The summed E-state index contributed by atoms with van der Waals surface area (Å²) in [5, 5.41) is 6.49. The van der Waals surface area contributed by atoms with Crippen molar-refractivity contribution in [3.8, 4) is 0 Å². The highest BCUT2D eigenvalue weighted by Gasteiger charge is 2.33. The molecule has 0 bridgehead atoms. The number of fused-ring (bicyclic) bond motifs is 3. The Hall–Kier alpha value is -3.21. The number of aryl methyl sites for hydroxylation is 1. The van der Waals surface area contributed by atoms with Crippen LogP contribution in [-0.4, -0.2) is 16.7 Å². The summed E-state index contributed by atoms with van der Waals surface area (Å²) in [6.07, 6.45) is 0. The molecule has 1 amide bonds.